The van der Waals surface area contributed by atoms with Gasteiger partial charge in [0, 0.05) is 24.2 Å². The number of amides is 1. The number of rotatable bonds is 3. The second kappa shape index (κ2) is 7.12. The van der Waals surface area contributed by atoms with Gasteiger partial charge in [-0.1, -0.05) is 53.2 Å². The van der Waals surface area contributed by atoms with Gasteiger partial charge in [0.15, 0.2) is 0 Å². The largest absolute Gasteiger partial charge is 0.339 e. The molecule has 2 heterocycles. The third kappa shape index (κ3) is 3.38. The van der Waals surface area contributed by atoms with Crippen molar-refractivity contribution in [1.29, 1.82) is 0 Å². The molecule has 5 heteroatoms. The van der Waals surface area contributed by atoms with E-state index in [9.17, 15) is 4.79 Å². The summed E-state index contributed by atoms with van der Waals surface area (Å²) in [6.45, 7) is 3.40. The first-order valence-corrected chi connectivity index (χ1v) is 8.95. The summed E-state index contributed by atoms with van der Waals surface area (Å²) in [6, 6.07) is 17.5. The van der Waals surface area contributed by atoms with Crippen molar-refractivity contribution in [2.24, 2.45) is 0 Å². The Morgan fingerprint density at radius 1 is 1.12 bits per heavy atom. The Labute approximate surface area is 152 Å². The second-order valence-electron chi connectivity index (χ2n) is 6.78. The molecule has 0 N–H and O–H groups in total. The SMILES string of the molecule is Cc1ccc(C(=O)N2CCCC(c3nc(-c4ccccc4)no3)C2)cc1. The first kappa shape index (κ1) is 16.5. The Kier molecular flexibility index (Phi) is 4.52. The lowest BCUT2D eigenvalue weighted by Crippen LogP contribution is -2.39. The number of nitrogens with zero attached hydrogens (tertiary/aromatic N) is 3. The molecule has 132 valence electrons. The van der Waals surface area contributed by atoms with Gasteiger partial charge < -0.3 is 9.42 Å². The van der Waals surface area contributed by atoms with Crippen LogP contribution in [0.25, 0.3) is 11.4 Å². The first-order valence-electron chi connectivity index (χ1n) is 8.95. The van der Waals surface area contributed by atoms with Crippen LogP contribution >= 0.6 is 0 Å². The third-order valence-corrected chi connectivity index (χ3v) is 4.83. The zero-order valence-corrected chi connectivity index (χ0v) is 14.8. The predicted molar refractivity (Wildman–Crippen MR) is 98.8 cm³/mol. The van der Waals surface area contributed by atoms with Gasteiger partial charge in [0.1, 0.15) is 0 Å². The van der Waals surface area contributed by atoms with E-state index < -0.39 is 0 Å². The maximum Gasteiger partial charge on any atom is 0.253 e. The van der Waals surface area contributed by atoms with E-state index in [4.69, 9.17) is 4.52 Å². The van der Waals surface area contributed by atoms with Crippen molar-refractivity contribution in [3.63, 3.8) is 0 Å². The van der Waals surface area contributed by atoms with Gasteiger partial charge in [0.25, 0.3) is 5.91 Å². The van der Waals surface area contributed by atoms with Crippen molar-refractivity contribution in [1.82, 2.24) is 15.0 Å². The normalized spacial score (nSPS) is 17.3. The van der Waals surface area contributed by atoms with E-state index in [-0.39, 0.29) is 11.8 Å². The van der Waals surface area contributed by atoms with E-state index in [0.29, 0.717) is 18.3 Å². The third-order valence-electron chi connectivity index (χ3n) is 4.83. The van der Waals surface area contributed by atoms with Gasteiger partial charge in [0.2, 0.25) is 11.7 Å². The van der Waals surface area contributed by atoms with E-state index in [1.165, 1.54) is 0 Å². The molecule has 0 aliphatic carbocycles. The molecule has 0 saturated carbocycles. The molecule has 1 saturated heterocycles. The average molecular weight is 347 g/mol. The Balaban J connectivity index is 1.49. The predicted octanol–water partition coefficient (Wildman–Crippen LogP) is 4.06. The maximum absolute atomic E-state index is 12.8. The van der Waals surface area contributed by atoms with Crippen LogP contribution in [0.2, 0.25) is 0 Å². The highest BCUT2D eigenvalue weighted by atomic mass is 16.5. The van der Waals surface area contributed by atoms with Gasteiger partial charge >= 0.3 is 0 Å². The van der Waals surface area contributed by atoms with Crippen molar-refractivity contribution >= 4 is 5.91 Å². The zero-order valence-electron chi connectivity index (χ0n) is 14.8. The minimum Gasteiger partial charge on any atom is -0.339 e. The zero-order chi connectivity index (χ0) is 17.9. The molecule has 26 heavy (non-hydrogen) atoms. The summed E-state index contributed by atoms with van der Waals surface area (Å²) in [5.74, 6) is 1.37. The number of hydrogen-bond acceptors (Lipinski definition) is 4. The molecule has 5 nitrogen and oxygen atoms in total. The summed E-state index contributed by atoms with van der Waals surface area (Å²) < 4.78 is 5.51. The van der Waals surface area contributed by atoms with Crippen molar-refractivity contribution < 1.29 is 9.32 Å². The Hall–Kier alpha value is -2.95. The van der Waals surface area contributed by atoms with Crippen LogP contribution in [0.4, 0.5) is 0 Å². The lowest BCUT2D eigenvalue weighted by atomic mass is 9.97. The van der Waals surface area contributed by atoms with E-state index in [0.717, 1.165) is 36.1 Å². The number of benzene rings is 2. The molecule has 3 aromatic rings. The molecular weight excluding hydrogens is 326 g/mol. The Morgan fingerprint density at radius 2 is 1.88 bits per heavy atom. The fraction of sp³-hybridized carbons (Fsp3) is 0.286. The van der Waals surface area contributed by atoms with Crippen LogP contribution in [-0.4, -0.2) is 34.0 Å². The van der Waals surface area contributed by atoms with Crippen molar-refractivity contribution in [2.45, 2.75) is 25.7 Å². The minimum atomic E-state index is 0.0671. The molecule has 1 amide bonds. The monoisotopic (exact) mass is 347 g/mol. The number of hydrogen-bond donors (Lipinski definition) is 0. The molecule has 0 radical (unpaired) electrons. The summed E-state index contributed by atoms with van der Waals surface area (Å²) in [7, 11) is 0. The summed E-state index contributed by atoms with van der Waals surface area (Å²) >= 11 is 0. The smallest absolute Gasteiger partial charge is 0.253 e. The Morgan fingerprint density at radius 3 is 2.65 bits per heavy atom. The van der Waals surface area contributed by atoms with Crippen LogP contribution in [0.5, 0.6) is 0 Å². The van der Waals surface area contributed by atoms with Crippen molar-refractivity contribution in [3.8, 4) is 11.4 Å². The fourth-order valence-electron chi connectivity index (χ4n) is 3.35. The molecule has 0 bridgehead atoms. The van der Waals surface area contributed by atoms with Crippen LogP contribution in [-0.2, 0) is 0 Å². The van der Waals surface area contributed by atoms with Crippen molar-refractivity contribution in [2.75, 3.05) is 13.1 Å². The van der Waals surface area contributed by atoms with E-state index in [1.807, 2.05) is 66.4 Å². The Bertz CT molecular complexity index is 887. The van der Waals surface area contributed by atoms with Gasteiger partial charge in [-0.2, -0.15) is 4.98 Å². The highest BCUT2D eigenvalue weighted by molar-refractivity contribution is 5.94. The summed E-state index contributed by atoms with van der Waals surface area (Å²) in [5, 5.41) is 4.11. The van der Waals surface area contributed by atoms with Gasteiger partial charge in [-0.25, -0.2) is 0 Å². The molecular formula is C21H21N3O2. The summed E-state index contributed by atoms with van der Waals surface area (Å²) in [4.78, 5) is 19.2. The average Bonchev–Trinajstić information content (AvgIpc) is 3.19. The highest BCUT2D eigenvalue weighted by Gasteiger charge is 2.29. The van der Waals surface area contributed by atoms with Gasteiger partial charge in [-0.15, -0.1) is 0 Å². The molecule has 1 fully saturated rings. The van der Waals surface area contributed by atoms with Crippen LogP contribution in [0, 0.1) is 6.92 Å². The number of carbonyl (C=O) groups excluding carboxylic acids is 1. The van der Waals surface area contributed by atoms with Crippen LogP contribution < -0.4 is 0 Å². The standard InChI is InChI=1S/C21H21N3O2/c1-15-9-11-17(12-10-15)21(25)24-13-5-8-18(14-24)20-22-19(23-26-20)16-6-3-2-4-7-16/h2-4,6-7,9-12,18H,5,8,13-14H2,1H3. The van der Waals surface area contributed by atoms with E-state index in [2.05, 4.69) is 10.1 Å². The van der Waals surface area contributed by atoms with Crippen LogP contribution in [0.3, 0.4) is 0 Å². The molecule has 0 spiro atoms. The maximum atomic E-state index is 12.8. The number of likely N-dealkylation sites (tertiary alicyclic amines) is 1. The molecule has 1 unspecified atom stereocenters. The number of aryl methyl sites for hydroxylation is 1. The van der Waals surface area contributed by atoms with E-state index in [1.54, 1.807) is 0 Å². The molecule has 4 rings (SSSR count). The summed E-state index contributed by atoms with van der Waals surface area (Å²) in [5.41, 5.74) is 2.81. The molecule has 1 atom stereocenters. The fourth-order valence-corrected chi connectivity index (χ4v) is 3.35. The second-order valence-corrected chi connectivity index (χ2v) is 6.78. The lowest BCUT2D eigenvalue weighted by Gasteiger charge is -2.31. The minimum absolute atomic E-state index is 0.0671. The van der Waals surface area contributed by atoms with Gasteiger partial charge in [-0.05, 0) is 31.9 Å². The highest BCUT2D eigenvalue weighted by Crippen LogP contribution is 2.28. The first-order chi connectivity index (χ1) is 12.7. The van der Waals surface area contributed by atoms with Gasteiger partial charge in [0.05, 0.1) is 5.92 Å². The number of carbonyl (C=O) groups is 1. The lowest BCUT2D eigenvalue weighted by molar-refractivity contribution is 0.0695. The number of piperidine rings is 1. The summed E-state index contributed by atoms with van der Waals surface area (Å²) in [6.07, 6.45) is 1.89. The molecule has 1 aliphatic rings. The molecule has 2 aromatic carbocycles. The molecule has 1 aliphatic heterocycles. The van der Waals surface area contributed by atoms with Crippen LogP contribution in [0.1, 0.15) is 40.6 Å². The van der Waals surface area contributed by atoms with Crippen LogP contribution in [0.15, 0.2) is 59.1 Å². The van der Waals surface area contributed by atoms with E-state index >= 15 is 0 Å². The number of aromatic nitrogens is 2. The quantitative estimate of drug-likeness (QED) is 0.717. The van der Waals surface area contributed by atoms with Gasteiger partial charge in [-0.3, -0.25) is 4.79 Å². The topological polar surface area (TPSA) is 59.2 Å². The molecule has 1 aromatic heterocycles. The van der Waals surface area contributed by atoms with Crippen molar-refractivity contribution in [3.05, 3.63) is 71.6 Å².